The summed E-state index contributed by atoms with van der Waals surface area (Å²) in [6.07, 6.45) is 2.64. The normalized spacial score (nSPS) is 16.5. The minimum absolute atomic E-state index is 0.734. The van der Waals surface area contributed by atoms with Crippen LogP contribution < -0.4 is 3.93 Å². The molecule has 0 N–H and O–H groups in total. The Bertz CT molecular complexity index is 231. The lowest BCUT2D eigenvalue weighted by Gasteiger charge is -2.14. The summed E-state index contributed by atoms with van der Waals surface area (Å²) in [6.45, 7) is 0. The molecule has 2 rings (SSSR count). The van der Waals surface area contributed by atoms with Crippen LogP contribution in [0, 0.1) is 0 Å². The van der Waals surface area contributed by atoms with Gasteiger partial charge in [0.05, 0.1) is 0 Å². The minimum Gasteiger partial charge on any atom is -0.306 e. The lowest BCUT2D eigenvalue weighted by Crippen LogP contribution is -2.10. The number of hydrogen-bond donors (Lipinski definition) is 0. The number of rotatable bonds is 2. The molecule has 2 heteroatoms. The molecule has 0 aromatic heterocycles. The van der Waals surface area contributed by atoms with Gasteiger partial charge >= 0.3 is 0 Å². The van der Waals surface area contributed by atoms with Crippen molar-refractivity contribution in [2.24, 2.45) is 0 Å². The third-order valence-corrected chi connectivity index (χ3v) is 2.86. The van der Waals surface area contributed by atoms with Crippen LogP contribution in [0.1, 0.15) is 12.8 Å². The summed E-state index contributed by atoms with van der Waals surface area (Å²) >= 11 is 3.55. The van der Waals surface area contributed by atoms with Crippen LogP contribution >= 0.6 is 16.1 Å². The van der Waals surface area contributed by atoms with Crippen molar-refractivity contribution in [1.82, 2.24) is 0 Å². The van der Waals surface area contributed by atoms with Crippen LogP contribution in [-0.2, 0) is 0 Å². The standard InChI is InChI=1S/C9H10BrN/c10-11(9-6-7-9)8-4-2-1-3-5-8/h1-5,9H,6-7H2. The predicted octanol–water partition coefficient (Wildman–Crippen LogP) is 2.97. The molecule has 0 heterocycles. The van der Waals surface area contributed by atoms with Crippen LogP contribution in [0.2, 0.25) is 0 Å². The molecule has 0 bridgehead atoms. The number of para-hydroxylation sites is 1. The fourth-order valence-corrected chi connectivity index (χ4v) is 1.73. The Morgan fingerprint density at radius 3 is 2.36 bits per heavy atom. The Kier molecular flexibility index (Phi) is 1.86. The highest BCUT2D eigenvalue weighted by atomic mass is 79.9. The van der Waals surface area contributed by atoms with E-state index >= 15 is 0 Å². The third kappa shape index (κ3) is 1.56. The second-order valence-electron chi connectivity index (χ2n) is 2.88. The second-order valence-corrected chi connectivity index (χ2v) is 3.64. The Morgan fingerprint density at radius 1 is 1.18 bits per heavy atom. The second kappa shape index (κ2) is 2.86. The maximum Gasteiger partial charge on any atom is 0.0499 e. The van der Waals surface area contributed by atoms with Crippen LogP contribution in [0.5, 0.6) is 0 Å². The van der Waals surface area contributed by atoms with Crippen molar-refractivity contribution in [1.29, 1.82) is 0 Å². The quantitative estimate of drug-likeness (QED) is 0.681. The van der Waals surface area contributed by atoms with E-state index in [-0.39, 0.29) is 0 Å². The first-order valence-corrected chi connectivity index (χ1v) is 4.59. The molecule has 1 aromatic rings. The molecule has 1 aliphatic carbocycles. The van der Waals surface area contributed by atoms with Gasteiger partial charge in [0.15, 0.2) is 0 Å². The molecule has 11 heavy (non-hydrogen) atoms. The predicted molar refractivity (Wildman–Crippen MR) is 50.9 cm³/mol. The van der Waals surface area contributed by atoms with Gasteiger partial charge < -0.3 is 3.93 Å². The van der Waals surface area contributed by atoms with Gasteiger partial charge in [-0.25, -0.2) is 0 Å². The van der Waals surface area contributed by atoms with Crippen molar-refractivity contribution in [3.63, 3.8) is 0 Å². The van der Waals surface area contributed by atoms with E-state index in [1.54, 1.807) is 0 Å². The monoisotopic (exact) mass is 211 g/mol. The van der Waals surface area contributed by atoms with Crippen LogP contribution in [0.15, 0.2) is 30.3 Å². The molecule has 1 fully saturated rings. The maximum atomic E-state index is 3.55. The molecular formula is C9H10BrN. The molecule has 1 aliphatic rings. The van der Waals surface area contributed by atoms with E-state index in [4.69, 9.17) is 0 Å². The average molecular weight is 212 g/mol. The van der Waals surface area contributed by atoms with E-state index in [9.17, 15) is 0 Å². The molecule has 0 aliphatic heterocycles. The fraction of sp³-hybridized carbons (Fsp3) is 0.333. The zero-order valence-corrected chi connectivity index (χ0v) is 7.79. The molecule has 1 aromatic carbocycles. The van der Waals surface area contributed by atoms with E-state index in [0.717, 1.165) is 6.04 Å². The first kappa shape index (κ1) is 7.17. The Morgan fingerprint density at radius 2 is 1.82 bits per heavy atom. The van der Waals surface area contributed by atoms with Crippen LogP contribution in [0.3, 0.4) is 0 Å². The molecular weight excluding hydrogens is 202 g/mol. The highest BCUT2D eigenvalue weighted by molar-refractivity contribution is 9.10. The molecule has 0 amide bonds. The first-order chi connectivity index (χ1) is 5.38. The number of nitrogens with zero attached hydrogens (tertiary/aromatic N) is 1. The van der Waals surface area contributed by atoms with Crippen molar-refractivity contribution >= 4 is 21.8 Å². The molecule has 58 valence electrons. The van der Waals surface area contributed by atoms with E-state index < -0.39 is 0 Å². The van der Waals surface area contributed by atoms with Gasteiger partial charge in [0.1, 0.15) is 0 Å². The Labute approximate surface area is 75.4 Å². The lowest BCUT2D eigenvalue weighted by molar-refractivity contribution is 1.07. The molecule has 0 unspecified atom stereocenters. The van der Waals surface area contributed by atoms with Gasteiger partial charge in [-0.2, -0.15) is 0 Å². The maximum absolute atomic E-state index is 3.55. The third-order valence-electron chi connectivity index (χ3n) is 1.87. The topological polar surface area (TPSA) is 3.24 Å². The van der Waals surface area contributed by atoms with Gasteiger partial charge in [-0.15, -0.1) is 0 Å². The number of anilines is 1. The largest absolute Gasteiger partial charge is 0.306 e. The summed E-state index contributed by atoms with van der Waals surface area (Å²) in [5.41, 5.74) is 1.26. The summed E-state index contributed by atoms with van der Waals surface area (Å²) in [7, 11) is 0. The highest BCUT2D eigenvalue weighted by Crippen LogP contribution is 2.33. The van der Waals surface area contributed by atoms with Gasteiger partial charge in [-0.05, 0) is 25.0 Å². The molecule has 0 saturated heterocycles. The summed E-state index contributed by atoms with van der Waals surface area (Å²) in [4.78, 5) is 0. The summed E-state index contributed by atoms with van der Waals surface area (Å²) < 4.78 is 2.17. The molecule has 1 nitrogen and oxygen atoms in total. The van der Waals surface area contributed by atoms with E-state index in [0.29, 0.717) is 0 Å². The van der Waals surface area contributed by atoms with Crippen LogP contribution in [-0.4, -0.2) is 6.04 Å². The van der Waals surface area contributed by atoms with Crippen LogP contribution in [0.25, 0.3) is 0 Å². The van der Waals surface area contributed by atoms with Crippen molar-refractivity contribution in [3.8, 4) is 0 Å². The summed E-state index contributed by atoms with van der Waals surface area (Å²) in [6, 6.07) is 11.1. The van der Waals surface area contributed by atoms with Crippen molar-refractivity contribution in [3.05, 3.63) is 30.3 Å². The zero-order valence-electron chi connectivity index (χ0n) is 6.20. The smallest absolute Gasteiger partial charge is 0.0499 e. The number of benzene rings is 1. The van der Waals surface area contributed by atoms with E-state index in [2.05, 4.69) is 44.3 Å². The zero-order chi connectivity index (χ0) is 7.68. The van der Waals surface area contributed by atoms with Gasteiger partial charge in [-0.1, -0.05) is 18.2 Å². The summed E-state index contributed by atoms with van der Waals surface area (Å²) in [5.74, 6) is 0. The first-order valence-electron chi connectivity index (χ1n) is 3.88. The van der Waals surface area contributed by atoms with Crippen molar-refractivity contribution < 1.29 is 0 Å². The Balaban J connectivity index is 2.15. The fourth-order valence-electron chi connectivity index (χ4n) is 1.08. The van der Waals surface area contributed by atoms with Gasteiger partial charge in [0.2, 0.25) is 0 Å². The molecule has 0 spiro atoms. The van der Waals surface area contributed by atoms with E-state index in [1.165, 1.54) is 18.5 Å². The Hall–Kier alpha value is -0.500. The number of halogens is 1. The van der Waals surface area contributed by atoms with Gasteiger partial charge in [-0.3, -0.25) is 0 Å². The SMILES string of the molecule is BrN(c1ccccc1)C1CC1. The number of hydrogen-bond acceptors (Lipinski definition) is 1. The van der Waals surface area contributed by atoms with Crippen LogP contribution in [0.4, 0.5) is 5.69 Å². The highest BCUT2D eigenvalue weighted by Gasteiger charge is 2.27. The molecule has 0 radical (unpaired) electrons. The molecule has 1 saturated carbocycles. The van der Waals surface area contributed by atoms with Crippen molar-refractivity contribution in [2.45, 2.75) is 18.9 Å². The molecule has 0 atom stereocenters. The van der Waals surface area contributed by atoms with Gasteiger partial charge in [0.25, 0.3) is 0 Å². The van der Waals surface area contributed by atoms with Crippen molar-refractivity contribution in [2.75, 3.05) is 3.93 Å². The van der Waals surface area contributed by atoms with Gasteiger partial charge in [0, 0.05) is 27.9 Å². The average Bonchev–Trinajstić information content (AvgIpc) is 2.87. The van der Waals surface area contributed by atoms with E-state index in [1.807, 2.05) is 6.07 Å². The summed E-state index contributed by atoms with van der Waals surface area (Å²) in [5, 5.41) is 0. The lowest BCUT2D eigenvalue weighted by atomic mass is 10.3. The minimum atomic E-state index is 0.734.